The van der Waals surface area contributed by atoms with Crippen molar-refractivity contribution in [2.45, 2.75) is 17.0 Å². The molecular weight excluding hydrogens is 276 g/mol. The van der Waals surface area contributed by atoms with Crippen LogP contribution in [-0.2, 0) is 0 Å². The van der Waals surface area contributed by atoms with E-state index in [1.807, 2.05) is 23.6 Å². The minimum atomic E-state index is 0.659. The van der Waals surface area contributed by atoms with E-state index in [1.54, 1.807) is 23.1 Å². The van der Waals surface area contributed by atoms with Gasteiger partial charge in [0.15, 0.2) is 0 Å². The van der Waals surface area contributed by atoms with Crippen LogP contribution in [0.25, 0.3) is 0 Å². The molecule has 0 radical (unpaired) electrons. The fourth-order valence-electron chi connectivity index (χ4n) is 1.60. The number of para-hydroxylation sites is 1. The lowest BCUT2D eigenvalue weighted by Gasteiger charge is -2.04. The predicted molar refractivity (Wildman–Crippen MR) is 79.3 cm³/mol. The normalized spacial score (nSPS) is 10.6. The standard InChI is InChI=1S/C13H12N4S2/c1-9-4-2-3-5-11(9)14-12-15-13(17-16-12)19-10-6-7-18-8-10/h2-8H,1H3,(H2,14,15,16,17). The molecule has 2 aromatic heterocycles. The number of hydrogen-bond donors (Lipinski definition) is 2. The summed E-state index contributed by atoms with van der Waals surface area (Å²) in [4.78, 5) is 5.57. The van der Waals surface area contributed by atoms with Crippen LogP contribution < -0.4 is 5.32 Å². The maximum absolute atomic E-state index is 4.41. The molecule has 0 saturated carbocycles. The molecule has 0 fully saturated rings. The van der Waals surface area contributed by atoms with Gasteiger partial charge < -0.3 is 5.32 Å². The number of hydrogen-bond acceptors (Lipinski definition) is 5. The molecular formula is C13H12N4S2. The second-order valence-corrected chi connectivity index (χ2v) is 5.79. The highest BCUT2D eigenvalue weighted by molar-refractivity contribution is 7.99. The SMILES string of the molecule is Cc1ccccc1Nc1nc(Sc2ccsc2)n[nH]1. The molecule has 0 aliphatic heterocycles. The Balaban J connectivity index is 1.73. The topological polar surface area (TPSA) is 53.6 Å². The van der Waals surface area contributed by atoms with E-state index in [1.165, 1.54) is 5.56 Å². The predicted octanol–water partition coefficient (Wildman–Crippen LogP) is 4.07. The van der Waals surface area contributed by atoms with Gasteiger partial charge in [-0.2, -0.15) is 16.3 Å². The highest BCUT2D eigenvalue weighted by atomic mass is 32.2. The van der Waals surface area contributed by atoms with Gasteiger partial charge in [-0.3, -0.25) is 0 Å². The molecule has 2 N–H and O–H groups in total. The van der Waals surface area contributed by atoms with Crippen LogP contribution in [0.3, 0.4) is 0 Å². The number of anilines is 2. The molecule has 0 aliphatic carbocycles. The number of aryl methyl sites for hydroxylation is 1. The van der Waals surface area contributed by atoms with Crippen LogP contribution in [0.5, 0.6) is 0 Å². The Bertz CT molecular complexity index is 661. The van der Waals surface area contributed by atoms with Gasteiger partial charge in [0.1, 0.15) is 0 Å². The average Bonchev–Trinajstić information content (AvgIpc) is 3.05. The molecule has 3 aromatic rings. The summed E-state index contributed by atoms with van der Waals surface area (Å²) >= 11 is 3.21. The van der Waals surface area contributed by atoms with Gasteiger partial charge in [-0.25, -0.2) is 5.10 Å². The summed E-state index contributed by atoms with van der Waals surface area (Å²) < 4.78 is 0. The van der Waals surface area contributed by atoms with Crippen LogP contribution in [0.2, 0.25) is 0 Å². The quantitative estimate of drug-likeness (QED) is 0.760. The first-order valence-corrected chi connectivity index (χ1v) is 7.52. The van der Waals surface area contributed by atoms with Crippen molar-refractivity contribution in [1.29, 1.82) is 0 Å². The Morgan fingerprint density at radius 1 is 1.26 bits per heavy atom. The van der Waals surface area contributed by atoms with E-state index in [0.29, 0.717) is 5.95 Å². The Hall–Kier alpha value is -1.79. The number of aromatic nitrogens is 3. The molecule has 0 bridgehead atoms. The molecule has 2 heterocycles. The van der Waals surface area contributed by atoms with Crippen LogP contribution in [-0.4, -0.2) is 15.2 Å². The van der Waals surface area contributed by atoms with Crippen molar-refractivity contribution in [2.75, 3.05) is 5.32 Å². The van der Waals surface area contributed by atoms with Gasteiger partial charge in [-0.1, -0.05) is 18.2 Å². The Kier molecular flexibility index (Phi) is 3.52. The zero-order valence-electron chi connectivity index (χ0n) is 10.3. The molecule has 0 atom stereocenters. The Morgan fingerprint density at radius 2 is 2.16 bits per heavy atom. The van der Waals surface area contributed by atoms with E-state index < -0.39 is 0 Å². The van der Waals surface area contributed by atoms with E-state index in [0.717, 1.165) is 15.7 Å². The van der Waals surface area contributed by atoms with Crippen LogP contribution in [0.1, 0.15) is 5.56 Å². The number of rotatable bonds is 4. The van der Waals surface area contributed by atoms with Crippen molar-refractivity contribution < 1.29 is 0 Å². The number of thiophene rings is 1. The van der Waals surface area contributed by atoms with Crippen molar-refractivity contribution in [1.82, 2.24) is 15.2 Å². The molecule has 0 saturated heterocycles. The molecule has 1 aromatic carbocycles. The molecule has 6 heteroatoms. The van der Waals surface area contributed by atoms with Gasteiger partial charge in [-0.15, -0.1) is 5.10 Å². The van der Waals surface area contributed by atoms with Crippen LogP contribution >= 0.6 is 23.1 Å². The molecule has 0 amide bonds. The van der Waals surface area contributed by atoms with Crippen molar-refractivity contribution in [3.63, 3.8) is 0 Å². The third kappa shape index (κ3) is 2.97. The highest BCUT2D eigenvalue weighted by Gasteiger charge is 2.06. The Labute approximate surface area is 119 Å². The van der Waals surface area contributed by atoms with E-state index in [4.69, 9.17) is 0 Å². The second-order valence-electron chi connectivity index (χ2n) is 3.97. The number of aromatic amines is 1. The van der Waals surface area contributed by atoms with Gasteiger partial charge in [0, 0.05) is 16.0 Å². The average molecular weight is 288 g/mol. The first kappa shape index (κ1) is 12.3. The molecule has 0 spiro atoms. The van der Waals surface area contributed by atoms with E-state index in [2.05, 4.69) is 44.9 Å². The van der Waals surface area contributed by atoms with E-state index in [9.17, 15) is 0 Å². The highest BCUT2D eigenvalue weighted by Crippen LogP contribution is 2.27. The molecule has 96 valence electrons. The zero-order chi connectivity index (χ0) is 13.1. The molecule has 3 rings (SSSR count). The number of nitrogens with one attached hydrogen (secondary N) is 2. The summed E-state index contributed by atoms with van der Waals surface area (Å²) in [5.41, 5.74) is 2.21. The van der Waals surface area contributed by atoms with Crippen molar-refractivity contribution in [3.8, 4) is 0 Å². The summed E-state index contributed by atoms with van der Waals surface area (Å²) in [6.07, 6.45) is 0. The third-order valence-electron chi connectivity index (χ3n) is 2.57. The van der Waals surface area contributed by atoms with E-state index in [-0.39, 0.29) is 0 Å². The van der Waals surface area contributed by atoms with Gasteiger partial charge in [0.2, 0.25) is 11.1 Å². The number of H-pyrrole nitrogens is 1. The summed E-state index contributed by atoms with van der Waals surface area (Å²) in [6.45, 7) is 2.06. The van der Waals surface area contributed by atoms with Gasteiger partial charge in [0.05, 0.1) is 0 Å². The first-order chi connectivity index (χ1) is 9.31. The Morgan fingerprint density at radius 3 is 2.95 bits per heavy atom. The van der Waals surface area contributed by atoms with Crippen LogP contribution in [0.15, 0.2) is 51.1 Å². The zero-order valence-corrected chi connectivity index (χ0v) is 11.9. The van der Waals surface area contributed by atoms with Gasteiger partial charge in [-0.05, 0) is 41.8 Å². The second kappa shape index (κ2) is 5.46. The first-order valence-electron chi connectivity index (χ1n) is 5.76. The van der Waals surface area contributed by atoms with Crippen LogP contribution in [0.4, 0.5) is 11.6 Å². The lowest BCUT2D eigenvalue weighted by molar-refractivity contribution is 0.974. The summed E-state index contributed by atoms with van der Waals surface area (Å²) in [7, 11) is 0. The maximum atomic E-state index is 4.41. The fourth-order valence-corrected chi connectivity index (χ4v) is 3.14. The van der Waals surface area contributed by atoms with Crippen molar-refractivity contribution in [2.24, 2.45) is 0 Å². The minimum Gasteiger partial charge on any atom is -0.324 e. The van der Waals surface area contributed by atoms with Gasteiger partial charge in [0.25, 0.3) is 0 Å². The maximum Gasteiger partial charge on any atom is 0.224 e. The lowest BCUT2D eigenvalue weighted by Crippen LogP contribution is -1.94. The van der Waals surface area contributed by atoms with Crippen molar-refractivity contribution in [3.05, 3.63) is 46.7 Å². The van der Waals surface area contributed by atoms with Crippen LogP contribution in [0, 0.1) is 6.92 Å². The van der Waals surface area contributed by atoms with Gasteiger partial charge >= 0.3 is 0 Å². The summed E-state index contributed by atoms with van der Waals surface area (Å²) in [5, 5.41) is 15.2. The largest absolute Gasteiger partial charge is 0.324 e. The molecule has 0 unspecified atom stereocenters. The fraction of sp³-hybridized carbons (Fsp3) is 0.0769. The minimum absolute atomic E-state index is 0.659. The van der Waals surface area contributed by atoms with Crippen molar-refractivity contribution >= 4 is 34.7 Å². The molecule has 19 heavy (non-hydrogen) atoms. The molecule has 4 nitrogen and oxygen atoms in total. The smallest absolute Gasteiger partial charge is 0.224 e. The monoisotopic (exact) mass is 288 g/mol. The third-order valence-corrected chi connectivity index (χ3v) is 4.25. The number of benzene rings is 1. The summed E-state index contributed by atoms with van der Waals surface area (Å²) in [6, 6.07) is 10.1. The summed E-state index contributed by atoms with van der Waals surface area (Å²) in [5.74, 6) is 0.659. The molecule has 0 aliphatic rings. The van der Waals surface area contributed by atoms with E-state index >= 15 is 0 Å². The lowest BCUT2D eigenvalue weighted by atomic mass is 10.2. The number of nitrogens with zero attached hydrogens (tertiary/aromatic N) is 2.